The van der Waals surface area contributed by atoms with Crippen molar-refractivity contribution >= 4 is 37.8 Å². The zero-order valence-corrected chi connectivity index (χ0v) is 11.1. The number of esters is 1. The Bertz CT molecular complexity index is 407. The largest absolute Gasteiger partial charge is 0.495 e. The fourth-order valence-electron chi connectivity index (χ4n) is 1.04. The lowest BCUT2D eigenvalue weighted by molar-refractivity contribution is 0.0596. The topological polar surface area (TPSA) is 35.5 Å². The van der Waals surface area contributed by atoms with Gasteiger partial charge < -0.3 is 9.47 Å². The predicted molar refractivity (Wildman–Crippen MR) is 59.7 cm³/mol. The maximum absolute atomic E-state index is 13.3. The number of ether oxygens (including phenoxy) is 2. The highest BCUT2D eigenvalue weighted by molar-refractivity contribution is 9.13. The van der Waals surface area contributed by atoms with Gasteiger partial charge in [-0.1, -0.05) is 0 Å². The second-order valence-corrected chi connectivity index (χ2v) is 4.14. The van der Waals surface area contributed by atoms with Gasteiger partial charge in [0.1, 0.15) is 17.1 Å². The first-order chi connectivity index (χ1) is 7.02. The smallest absolute Gasteiger partial charge is 0.341 e. The van der Waals surface area contributed by atoms with E-state index in [4.69, 9.17) is 4.74 Å². The zero-order valence-electron chi connectivity index (χ0n) is 7.94. The van der Waals surface area contributed by atoms with Gasteiger partial charge in [-0.3, -0.25) is 0 Å². The van der Waals surface area contributed by atoms with Crippen molar-refractivity contribution in [2.75, 3.05) is 14.2 Å². The Morgan fingerprint density at radius 3 is 2.40 bits per heavy atom. The summed E-state index contributed by atoms with van der Waals surface area (Å²) in [5.74, 6) is -0.989. The third-order valence-electron chi connectivity index (χ3n) is 1.73. The van der Waals surface area contributed by atoms with Gasteiger partial charge in [0.05, 0.1) is 23.2 Å². The molecule has 0 atom stereocenters. The maximum Gasteiger partial charge on any atom is 0.341 e. The first kappa shape index (κ1) is 12.4. The fourth-order valence-corrected chi connectivity index (χ4v) is 1.90. The van der Waals surface area contributed by atoms with Gasteiger partial charge in [-0.15, -0.1) is 0 Å². The van der Waals surface area contributed by atoms with Crippen molar-refractivity contribution in [3.8, 4) is 5.75 Å². The van der Waals surface area contributed by atoms with Crippen molar-refractivity contribution in [3.63, 3.8) is 0 Å². The predicted octanol–water partition coefficient (Wildman–Crippen LogP) is 3.15. The highest BCUT2D eigenvalue weighted by Gasteiger charge is 2.20. The summed E-state index contributed by atoms with van der Waals surface area (Å²) < 4.78 is 23.3. The number of carbonyl (C=O) groups is 1. The van der Waals surface area contributed by atoms with Crippen LogP contribution in [-0.4, -0.2) is 20.2 Å². The number of rotatable bonds is 2. The molecule has 0 aliphatic heterocycles. The molecule has 0 aromatic heterocycles. The Kier molecular flexibility index (Phi) is 4.10. The van der Waals surface area contributed by atoms with Crippen LogP contribution in [0.2, 0.25) is 0 Å². The minimum atomic E-state index is -0.654. The van der Waals surface area contributed by atoms with Crippen molar-refractivity contribution in [2.24, 2.45) is 0 Å². The molecule has 0 aliphatic rings. The van der Waals surface area contributed by atoms with Crippen molar-refractivity contribution < 1.29 is 18.7 Å². The Morgan fingerprint density at radius 2 is 1.93 bits per heavy atom. The highest BCUT2D eigenvalue weighted by atomic mass is 79.9. The average molecular weight is 342 g/mol. The van der Waals surface area contributed by atoms with E-state index in [-0.39, 0.29) is 15.8 Å². The standard InChI is InChI=1S/C9H7Br2FO3/c1-14-8-4(9(13)15-2)3-5(12)6(10)7(8)11/h3H,1-2H3. The minimum absolute atomic E-state index is 0.0348. The van der Waals surface area contributed by atoms with Gasteiger partial charge in [0.25, 0.3) is 0 Å². The third kappa shape index (κ3) is 2.31. The molecule has 0 unspecified atom stereocenters. The molecule has 0 radical (unpaired) electrons. The van der Waals surface area contributed by atoms with Crippen LogP contribution in [0.5, 0.6) is 5.75 Å². The maximum atomic E-state index is 13.3. The lowest BCUT2D eigenvalue weighted by atomic mass is 10.2. The minimum Gasteiger partial charge on any atom is -0.495 e. The summed E-state index contributed by atoms with van der Waals surface area (Å²) in [5.41, 5.74) is 0.0348. The second-order valence-electron chi connectivity index (χ2n) is 2.56. The van der Waals surface area contributed by atoms with E-state index in [9.17, 15) is 9.18 Å². The fraction of sp³-hybridized carbons (Fsp3) is 0.222. The molecular weight excluding hydrogens is 335 g/mol. The number of hydrogen-bond donors (Lipinski definition) is 0. The molecule has 82 valence electrons. The van der Waals surface area contributed by atoms with Gasteiger partial charge in [0.15, 0.2) is 0 Å². The summed E-state index contributed by atoms with van der Waals surface area (Å²) in [7, 11) is 2.60. The Balaban J connectivity index is 3.45. The SMILES string of the molecule is COC(=O)c1cc(F)c(Br)c(Br)c1OC. The molecule has 0 aliphatic carbocycles. The van der Waals surface area contributed by atoms with Crippen LogP contribution in [0.3, 0.4) is 0 Å². The summed E-state index contributed by atoms with van der Waals surface area (Å²) in [6.45, 7) is 0. The molecule has 15 heavy (non-hydrogen) atoms. The molecule has 0 heterocycles. The average Bonchev–Trinajstić information content (AvgIpc) is 2.24. The van der Waals surface area contributed by atoms with Gasteiger partial charge in [-0.25, -0.2) is 9.18 Å². The molecule has 0 bridgehead atoms. The van der Waals surface area contributed by atoms with E-state index in [1.807, 2.05) is 0 Å². The van der Waals surface area contributed by atoms with Crippen LogP contribution in [0.1, 0.15) is 10.4 Å². The van der Waals surface area contributed by atoms with Crippen LogP contribution in [0.4, 0.5) is 4.39 Å². The van der Waals surface area contributed by atoms with Crippen LogP contribution >= 0.6 is 31.9 Å². The van der Waals surface area contributed by atoms with E-state index < -0.39 is 11.8 Å². The lowest BCUT2D eigenvalue weighted by Crippen LogP contribution is -2.06. The summed E-state index contributed by atoms with van der Waals surface area (Å²) >= 11 is 6.14. The Labute approximate surface area is 103 Å². The molecule has 0 fully saturated rings. The molecule has 1 aromatic carbocycles. The van der Waals surface area contributed by atoms with Crippen LogP contribution in [0.15, 0.2) is 15.0 Å². The van der Waals surface area contributed by atoms with E-state index in [2.05, 4.69) is 36.6 Å². The first-order valence-electron chi connectivity index (χ1n) is 3.82. The van der Waals surface area contributed by atoms with E-state index in [0.717, 1.165) is 6.07 Å². The Hall–Kier alpha value is -0.620. The van der Waals surface area contributed by atoms with Crippen LogP contribution in [0.25, 0.3) is 0 Å². The summed E-state index contributed by atoms with van der Waals surface area (Å²) in [4.78, 5) is 11.3. The molecule has 6 heteroatoms. The van der Waals surface area contributed by atoms with Gasteiger partial charge in [0.2, 0.25) is 0 Å². The summed E-state index contributed by atoms with van der Waals surface area (Å²) in [5, 5.41) is 0. The number of halogens is 3. The van der Waals surface area contributed by atoms with Gasteiger partial charge >= 0.3 is 5.97 Å². The first-order valence-corrected chi connectivity index (χ1v) is 5.41. The summed E-state index contributed by atoms with van der Waals surface area (Å²) in [6.07, 6.45) is 0. The molecule has 0 N–H and O–H groups in total. The molecule has 0 saturated heterocycles. The van der Waals surface area contributed by atoms with Gasteiger partial charge in [-0.2, -0.15) is 0 Å². The van der Waals surface area contributed by atoms with Crippen LogP contribution < -0.4 is 4.74 Å². The van der Waals surface area contributed by atoms with Crippen LogP contribution in [0, 0.1) is 5.82 Å². The highest BCUT2D eigenvalue weighted by Crippen LogP contribution is 2.37. The molecular formula is C9H7Br2FO3. The lowest BCUT2D eigenvalue weighted by Gasteiger charge is -2.10. The normalized spacial score (nSPS) is 9.93. The number of carbonyl (C=O) groups excluding carboxylic acids is 1. The second kappa shape index (κ2) is 4.94. The van der Waals surface area contributed by atoms with Crippen molar-refractivity contribution in [1.29, 1.82) is 0 Å². The van der Waals surface area contributed by atoms with Gasteiger partial charge in [0, 0.05) is 0 Å². The van der Waals surface area contributed by atoms with Crippen molar-refractivity contribution in [2.45, 2.75) is 0 Å². The van der Waals surface area contributed by atoms with Crippen LogP contribution in [-0.2, 0) is 4.74 Å². The molecule has 0 saturated carbocycles. The zero-order chi connectivity index (χ0) is 11.6. The number of methoxy groups -OCH3 is 2. The molecule has 0 spiro atoms. The van der Waals surface area contributed by atoms with E-state index in [1.54, 1.807) is 0 Å². The van der Waals surface area contributed by atoms with E-state index >= 15 is 0 Å². The van der Waals surface area contributed by atoms with E-state index in [1.165, 1.54) is 14.2 Å². The number of benzene rings is 1. The Morgan fingerprint density at radius 1 is 1.33 bits per heavy atom. The van der Waals surface area contributed by atoms with Gasteiger partial charge in [-0.05, 0) is 37.9 Å². The molecule has 1 rings (SSSR count). The molecule has 0 amide bonds. The molecule has 1 aromatic rings. The quantitative estimate of drug-likeness (QED) is 0.612. The third-order valence-corrected chi connectivity index (χ3v) is 3.79. The summed E-state index contributed by atoms with van der Waals surface area (Å²) in [6, 6.07) is 1.06. The molecule has 3 nitrogen and oxygen atoms in total. The number of hydrogen-bond acceptors (Lipinski definition) is 3. The van der Waals surface area contributed by atoms with Crippen molar-refractivity contribution in [1.82, 2.24) is 0 Å². The monoisotopic (exact) mass is 340 g/mol. The van der Waals surface area contributed by atoms with Crippen molar-refractivity contribution in [3.05, 3.63) is 26.4 Å². The van der Waals surface area contributed by atoms with E-state index in [0.29, 0.717) is 4.47 Å².